The van der Waals surface area contributed by atoms with Crippen molar-refractivity contribution >= 4 is 17.5 Å². The molecule has 5 rings (SSSR count). The van der Waals surface area contributed by atoms with Crippen LogP contribution in [0.25, 0.3) is 11.3 Å². The van der Waals surface area contributed by atoms with Crippen LogP contribution in [-0.2, 0) is 6.54 Å². The molecule has 1 N–H and O–H groups in total. The average Bonchev–Trinajstić information content (AvgIpc) is 3.37. The van der Waals surface area contributed by atoms with E-state index in [1.165, 1.54) is 24.0 Å². The molecule has 2 saturated carbocycles. The second kappa shape index (κ2) is 8.30. The Morgan fingerprint density at radius 2 is 1.82 bits per heavy atom. The lowest BCUT2D eigenvalue weighted by Gasteiger charge is -2.39. The lowest BCUT2D eigenvalue weighted by Crippen LogP contribution is -2.46. The van der Waals surface area contributed by atoms with E-state index in [4.69, 9.17) is 11.6 Å². The molecular weight excluding hydrogens is 440 g/mol. The summed E-state index contributed by atoms with van der Waals surface area (Å²) >= 11 is 6.30. The smallest absolute Gasteiger partial charge is 0.253 e. The Morgan fingerprint density at radius 3 is 2.44 bits per heavy atom. The highest BCUT2D eigenvalue weighted by Crippen LogP contribution is 2.65. The van der Waals surface area contributed by atoms with Gasteiger partial charge in [-0.05, 0) is 84.7 Å². The number of rotatable bonds is 5. The number of amides is 1. The second-order valence-electron chi connectivity index (χ2n) is 11.3. The van der Waals surface area contributed by atoms with Gasteiger partial charge in [-0.15, -0.1) is 0 Å². The second-order valence-corrected chi connectivity index (χ2v) is 11.7. The van der Waals surface area contributed by atoms with E-state index < -0.39 is 0 Å². The molecule has 34 heavy (non-hydrogen) atoms. The van der Waals surface area contributed by atoms with Gasteiger partial charge in [0.1, 0.15) is 0 Å². The molecule has 1 amide bonds. The Morgan fingerprint density at radius 1 is 1.09 bits per heavy atom. The van der Waals surface area contributed by atoms with E-state index >= 15 is 0 Å². The number of carbonyl (C=O) groups is 1. The van der Waals surface area contributed by atoms with Crippen molar-refractivity contribution in [2.24, 2.45) is 16.7 Å². The Kier molecular flexibility index (Phi) is 5.67. The van der Waals surface area contributed by atoms with Gasteiger partial charge in [0.05, 0.1) is 5.56 Å². The zero-order chi connectivity index (χ0) is 24.3. The van der Waals surface area contributed by atoms with Gasteiger partial charge >= 0.3 is 0 Å². The van der Waals surface area contributed by atoms with Gasteiger partial charge in [-0.1, -0.05) is 68.3 Å². The third-order valence-electron chi connectivity index (χ3n) is 9.19. The molecule has 0 radical (unpaired) electrons. The Balaban J connectivity index is 1.46. The zero-order valence-electron chi connectivity index (χ0n) is 20.9. The molecule has 3 nitrogen and oxygen atoms in total. The zero-order valence-corrected chi connectivity index (χ0v) is 21.7. The number of nitrogens with one attached hydrogen (secondary N) is 1. The normalized spacial score (nSPS) is 25.0. The number of aromatic nitrogens is 1. The van der Waals surface area contributed by atoms with E-state index in [0.29, 0.717) is 12.5 Å². The molecule has 0 saturated heterocycles. The Bertz CT molecular complexity index is 1240. The Hall–Kier alpha value is -2.52. The van der Waals surface area contributed by atoms with Crippen molar-refractivity contribution in [2.75, 3.05) is 0 Å². The molecule has 2 aromatic carbocycles. The number of nitrogens with zero attached hydrogens (tertiary/aromatic N) is 1. The maximum atomic E-state index is 13.5. The van der Waals surface area contributed by atoms with Crippen molar-refractivity contribution in [3.05, 3.63) is 82.0 Å². The van der Waals surface area contributed by atoms with Crippen LogP contribution in [-0.4, -0.2) is 16.5 Å². The summed E-state index contributed by atoms with van der Waals surface area (Å²) in [5.41, 5.74) is 6.74. The maximum Gasteiger partial charge on any atom is 0.253 e. The van der Waals surface area contributed by atoms with Gasteiger partial charge in [0.2, 0.25) is 0 Å². The van der Waals surface area contributed by atoms with Gasteiger partial charge in [0.25, 0.3) is 5.91 Å². The first-order valence-electron chi connectivity index (χ1n) is 12.4. The van der Waals surface area contributed by atoms with Gasteiger partial charge in [-0.3, -0.25) is 4.79 Å². The predicted octanol–water partition coefficient (Wildman–Crippen LogP) is 7.42. The number of carbonyl (C=O) groups excluding carboxylic acids is 1. The van der Waals surface area contributed by atoms with E-state index in [2.05, 4.69) is 67.9 Å². The van der Waals surface area contributed by atoms with Crippen LogP contribution in [0.2, 0.25) is 5.02 Å². The number of benzene rings is 2. The first kappa shape index (κ1) is 23.2. The highest BCUT2D eigenvalue weighted by atomic mass is 35.5. The van der Waals surface area contributed by atoms with Crippen LogP contribution in [0, 0.1) is 30.6 Å². The number of hydrogen-bond donors (Lipinski definition) is 1. The van der Waals surface area contributed by atoms with E-state index in [1.54, 1.807) is 0 Å². The predicted molar refractivity (Wildman–Crippen MR) is 140 cm³/mol. The van der Waals surface area contributed by atoms with Gasteiger partial charge in [-0.25, -0.2) is 0 Å². The highest BCUT2D eigenvalue weighted by Gasteiger charge is 2.61. The third-order valence-corrected chi connectivity index (χ3v) is 9.61. The molecule has 1 heterocycles. The molecule has 3 aromatic rings. The highest BCUT2D eigenvalue weighted by molar-refractivity contribution is 6.31. The molecule has 3 atom stereocenters. The van der Waals surface area contributed by atoms with Crippen LogP contribution < -0.4 is 5.32 Å². The van der Waals surface area contributed by atoms with Crippen molar-refractivity contribution in [1.29, 1.82) is 0 Å². The summed E-state index contributed by atoms with van der Waals surface area (Å²) in [6.07, 6.45) is 5.57. The van der Waals surface area contributed by atoms with E-state index in [0.717, 1.165) is 33.8 Å². The standard InChI is InChI=1S/C30H35ClN2O/c1-19-6-8-21(9-7-19)17-33-18-23(15-26(33)22-10-11-25(31)20(2)14-22)28(34)32-27-16-24-12-13-30(27,5)29(24,3)4/h6-11,14-15,18,24,27H,12-13,16-17H2,1-5H3,(H,32,34)/t24?,27-,30-/m1/s1. The quantitative estimate of drug-likeness (QED) is 0.410. The summed E-state index contributed by atoms with van der Waals surface area (Å²) < 4.78 is 2.19. The van der Waals surface area contributed by atoms with Crippen molar-refractivity contribution in [3.8, 4) is 11.3 Å². The molecule has 2 aliphatic rings. The molecule has 2 fully saturated rings. The Labute approximate surface area is 208 Å². The topological polar surface area (TPSA) is 34.0 Å². The van der Waals surface area contributed by atoms with E-state index in [9.17, 15) is 4.79 Å². The average molecular weight is 475 g/mol. The summed E-state index contributed by atoms with van der Waals surface area (Å²) in [6, 6.07) is 16.9. The third kappa shape index (κ3) is 3.79. The molecule has 4 heteroatoms. The van der Waals surface area contributed by atoms with Crippen LogP contribution in [0.3, 0.4) is 0 Å². The van der Waals surface area contributed by atoms with Gasteiger partial charge < -0.3 is 9.88 Å². The summed E-state index contributed by atoms with van der Waals surface area (Å²) in [7, 11) is 0. The van der Waals surface area contributed by atoms with Crippen LogP contribution >= 0.6 is 11.6 Å². The minimum absolute atomic E-state index is 0.0316. The van der Waals surface area contributed by atoms with Crippen molar-refractivity contribution < 1.29 is 4.79 Å². The molecule has 178 valence electrons. The van der Waals surface area contributed by atoms with E-state index in [1.807, 2.05) is 31.3 Å². The van der Waals surface area contributed by atoms with Gasteiger partial charge in [0.15, 0.2) is 0 Å². The molecule has 1 unspecified atom stereocenters. The van der Waals surface area contributed by atoms with E-state index in [-0.39, 0.29) is 22.8 Å². The van der Waals surface area contributed by atoms with Crippen LogP contribution in [0.1, 0.15) is 67.1 Å². The minimum Gasteiger partial charge on any atom is -0.349 e. The van der Waals surface area contributed by atoms with Crippen molar-refractivity contribution in [2.45, 2.75) is 66.5 Å². The van der Waals surface area contributed by atoms with Gasteiger partial charge in [-0.2, -0.15) is 0 Å². The van der Waals surface area contributed by atoms with Crippen molar-refractivity contribution in [3.63, 3.8) is 0 Å². The lowest BCUT2D eigenvalue weighted by molar-refractivity contribution is 0.0826. The fourth-order valence-electron chi connectivity index (χ4n) is 6.37. The minimum atomic E-state index is 0.0316. The SMILES string of the molecule is Cc1ccc(Cn2cc(C(=O)N[C@@H]3CC4CC[C@@]3(C)C4(C)C)cc2-c2ccc(Cl)c(C)c2)cc1. The van der Waals surface area contributed by atoms with Crippen LogP contribution in [0.5, 0.6) is 0 Å². The molecule has 0 aliphatic heterocycles. The van der Waals surface area contributed by atoms with Crippen LogP contribution in [0.4, 0.5) is 0 Å². The largest absolute Gasteiger partial charge is 0.349 e. The van der Waals surface area contributed by atoms with Crippen molar-refractivity contribution in [1.82, 2.24) is 9.88 Å². The number of hydrogen-bond acceptors (Lipinski definition) is 1. The lowest BCUT2D eigenvalue weighted by atomic mass is 9.69. The molecule has 2 aliphatic carbocycles. The number of fused-ring (bicyclic) bond motifs is 2. The van der Waals surface area contributed by atoms with Gasteiger partial charge in [0, 0.05) is 29.5 Å². The summed E-state index contributed by atoms with van der Waals surface area (Å²) in [4.78, 5) is 13.5. The number of aryl methyl sites for hydroxylation is 2. The first-order valence-corrected chi connectivity index (χ1v) is 12.8. The summed E-state index contributed by atoms with van der Waals surface area (Å²) in [5, 5.41) is 4.19. The fourth-order valence-corrected chi connectivity index (χ4v) is 6.48. The fraction of sp³-hybridized carbons (Fsp3) is 0.433. The van der Waals surface area contributed by atoms with Crippen LogP contribution in [0.15, 0.2) is 54.7 Å². The molecule has 2 bridgehead atoms. The molecule has 1 aromatic heterocycles. The summed E-state index contributed by atoms with van der Waals surface area (Å²) in [5.74, 6) is 0.728. The molecular formula is C30H35ClN2O. The summed E-state index contributed by atoms with van der Waals surface area (Å²) in [6.45, 7) is 12.0. The monoisotopic (exact) mass is 474 g/mol. The first-order chi connectivity index (χ1) is 16.1. The number of halogens is 1. The maximum absolute atomic E-state index is 13.5. The molecule has 0 spiro atoms.